The molecule has 172 valence electrons. The number of hydrogen-bond acceptors (Lipinski definition) is 4. The fourth-order valence-corrected chi connectivity index (χ4v) is 5.93. The summed E-state index contributed by atoms with van der Waals surface area (Å²) in [6.07, 6.45) is 1.77. The van der Waals surface area contributed by atoms with Crippen molar-refractivity contribution in [2.75, 3.05) is 0 Å². The molecule has 0 aliphatic carbocycles. The molecule has 0 amide bonds. The number of nitrogens with zero attached hydrogens (tertiary/aromatic N) is 3. The topological polar surface area (TPSA) is 68.0 Å². The summed E-state index contributed by atoms with van der Waals surface area (Å²) < 4.78 is 15.8. The standard InChI is InChI=1S/C30H19N3O2S/c34-30-22-8-2-1-7-19(22)17-20-12-15-28(32-29(20)30)36(35)21-13-14-24-23-9-3-4-10-25(23)33(26(24)18-21)27-11-5-6-16-31-27/h1-18,34H. The van der Waals surface area contributed by atoms with E-state index in [1.54, 1.807) is 12.3 Å². The van der Waals surface area contributed by atoms with Crippen LogP contribution in [0.2, 0.25) is 0 Å². The number of fused-ring (bicyclic) bond motifs is 5. The second kappa shape index (κ2) is 8.00. The van der Waals surface area contributed by atoms with Crippen molar-refractivity contribution in [3.05, 3.63) is 109 Å². The number of phenols is 1. The first-order chi connectivity index (χ1) is 17.7. The maximum Gasteiger partial charge on any atom is 0.149 e. The normalized spacial score (nSPS) is 12.6. The van der Waals surface area contributed by atoms with E-state index in [0.717, 1.165) is 43.8 Å². The molecule has 1 atom stereocenters. The van der Waals surface area contributed by atoms with Gasteiger partial charge in [0.25, 0.3) is 0 Å². The summed E-state index contributed by atoms with van der Waals surface area (Å²) in [5.41, 5.74) is 2.41. The average molecular weight is 486 g/mol. The highest BCUT2D eigenvalue weighted by atomic mass is 32.2. The van der Waals surface area contributed by atoms with Gasteiger partial charge in [-0.15, -0.1) is 0 Å². The summed E-state index contributed by atoms with van der Waals surface area (Å²) in [7, 11) is -1.54. The molecule has 0 spiro atoms. The van der Waals surface area contributed by atoms with Crippen LogP contribution >= 0.6 is 0 Å². The lowest BCUT2D eigenvalue weighted by Gasteiger charge is -2.09. The van der Waals surface area contributed by atoms with Gasteiger partial charge in [-0.1, -0.05) is 54.6 Å². The number of phenolic OH excluding ortho intramolecular Hbond substituents is 1. The van der Waals surface area contributed by atoms with E-state index in [1.165, 1.54) is 0 Å². The predicted molar refractivity (Wildman–Crippen MR) is 144 cm³/mol. The summed E-state index contributed by atoms with van der Waals surface area (Å²) in [5, 5.41) is 15.9. The Bertz CT molecular complexity index is 1980. The van der Waals surface area contributed by atoms with E-state index >= 15 is 0 Å². The number of para-hydroxylation sites is 1. The molecular formula is C30H19N3O2S. The zero-order valence-corrected chi connectivity index (χ0v) is 19.8. The minimum absolute atomic E-state index is 0.104. The van der Waals surface area contributed by atoms with Crippen LogP contribution < -0.4 is 0 Å². The average Bonchev–Trinajstić information content (AvgIpc) is 3.27. The maximum absolute atomic E-state index is 13.7. The van der Waals surface area contributed by atoms with Crippen LogP contribution in [-0.2, 0) is 10.8 Å². The Morgan fingerprint density at radius 2 is 1.47 bits per heavy atom. The zero-order valence-electron chi connectivity index (χ0n) is 19.0. The third-order valence-electron chi connectivity index (χ3n) is 6.58. The van der Waals surface area contributed by atoms with Crippen LogP contribution in [0.5, 0.6) is 5.75 Å². The third kappa shape index (κ3) is 3.12. The lowest BCUT2D eigenvalue weighted by Crippen LogP contribution is -1.99. The summed E-state index contributed by atoms with van der Waals surface area (Å²) in [6, 6.07) is 33.1. The molecule has 3 aromatic heterocycles. The van der Waals surface area contributed by atoms with Gasteiger partial charge >= 0.3 is 0 Å². The Morgan fingerprint density at radius 3 is 2.33 bits per heavy atom. The fourth-order valence-electron chi connectivity index (χ4n) is 4.91. The Labute approximate surface area is 208 Å². The van der Waals surface area contributed by atoms with Gasteiger partial charge in [0.1, 0.15) is 32.9 Å². The third-order valence-corrected chi connectivity index (χ3v) is 7.87. The largest absolute Gasteiger partial charge is 0.505 e. The number of aromatic hydroxyl groups is 1. The van der Waals surface area contributed by atoms with Gasteiger partial charge in [0, 0.05) is 32.6 Å². The minimum Gasteiger partial charge on any atom is -0.505 e. The molecule has 3 heterocycles. The highest BCUT2D eigenvalue weighted by Gasteiger charge is 2.17. The molecule has 1 N–H and O–H groups in total. The Kier molecular flexibility index (Phi) is 4.62. The van der Waals surface area contributed by atoms with Crippen LogP contribution in [-0.4, -0.2) is 23.9 Å². The summed E-state index contributed by atoms with van der Waals surface area (Å²) in [4.78, 5) is 9.84. The first-order valence-electron chi connectivity index (χ1n) is 11.6. The van der Waals surface area contributed by atoms with Gasteiger partial charge < -0.3 is 5.11 Å². The quantitative estimate of drug-likeness (QED) is 0.281. The molecule has 7 aromatic rings. The van der Waals surface area contributed by atoms with E-state index in [4.69, 9.17) is 0 Å². The van der Waals surface area contributed by atoms with E-state index in [0.29, 0.717) is 15.4 Å². The van der Waals surface area contributed by atoms with Crippen molar-refractivity contribution in [3.8, 4) is 11.6 Å². The van der Waals surface area contributed by atoms with E-state index in [9.17, 15) is 9.32 Å². The second-order valence-electron chi connectivity index (χ2n) is 8.66. The van der Waals surface area contributed by atoms with Crippen molar-refractivity contribution >= 4 is 54.3 Å². The molecular weight excluding hydrogens is 466 g/mol. The van der Waals surface area contributed by atoms with Crippen molar-refractivity contribution in [1.29, 1.82) is 0 Å². The Hall–Kier alpha value is -4.55. The van der Waals surface area contributed by atoms with Crippen LogP contribution in [0.3, 0.4) is 0 Å². The summed E-state index contributed by atoms with van der Waals surface area (Å²) >= 11 is 0. The lowest BCUT2D eigenvalue weighted by molar-refractivity contribution is 0.486. The fraction of sp³-hybridized carbons (Fsp3) is 0. The Morgan fingerprint density at radius 1 is 0.694 bits per heavy atom. The van der Waals surface area contributed by atoms with E-state index < -0.39 is 10.8 Å². The smallest absolute Gasteiger partial charge is 0.149 e. The molecule has 0 radical (unpaired) electrons. The second-order valence-corrected chi connectivity index (χ2v) is 10.1. The molecule has 4 aromatic carbocycles. The van der Waals surface area contributed by atoms with Gasteiger partial charge in [0.2, 0.25) is 0 Å². The first-order valence-corrected chi connectivity index (χ1v) is 12.7. The van der Waals surface area contributed by atoms with Crippen molar-refractivity contribution in [1.82, 2.24) is 14.5 Å². The molecule has 5 nitrogen and oxygen atoms in total. The van der Waals surface area contributed by atoms with Gasteiger partial charge in [0.05, 0.1) is 11.0 Å². The molecule has 1 unspecified atom stereocenters. The monoisotopic (exact) mass is 485 g/mol. The van der Waals surface area contributed by atoms with E-state index in [1.807, 2.05) is 84.9 Å². The predicted octanol–water partition coefficient (Wildman–Crippen LogP) is 6.75. The molecule has 0 aliphatic heterocycles. The molecule has 36 heavy (non-hydrogen) atoms. The number of hydrogen-bond donors (Lipinski definition) is 1. The maximum atomic E-state index is 13.7. The lowest BCUT2D eigenvalue weighted by atomic mass is 10.1. The van der Waals surface area contributed by atoms with Crippen LogP contribution in [0, 0.1) is 0 Å². The van der Waals surface area contributed by atoms with Crippen molar-refractivity contribution in [2.24, 2.45) is 0 Å². The molecule has 0 aliphatic rings. The number of rotatable bonds is 3. The highest BCUT2D eigenvalue weighted by Crippen LogP contribution is 2.35. The van der Waals surface area contributed by atoms with Crippen LogP contribution in [0.25, 0.3) is 49.3 Å². The molecule has 0 saturated heterocycles. The van der Waals surface area contributed by atoms with Gasteiger partial charge in [-0.05, 0) is 53.9 Å². The number of pyridine rings is 2. The van der Waals surface area contributed by atoms with Crippen molar-refractivity contribution in [2.45, 2.75) is 9.92 Å². The molecule has 0 fully saturated rings. The molecule has 6 heteroatoms. The van der Waals surface area contributed by atoms with Gasteiger partial charge in [0.15, 0.2) is 0 Å². The summed E-state index contributed by atoms with van der Waals surface area (Å²) in [5.74, 6) is 0.903. The van der Waals surface area contributed by atoms with Gasteiger partial charge in [-0.25, -0.2) is 14.2 Å². The van der Waals surface area contributed by atoms with Gasteiger partial charge in [-0.2, -0.15) is 0 Å². The van der Waals surface area contributed by atoms with E-state index in [-0.39, 0.29) is 5.75 Å². The molecule has 0 saturated carbocycles. The number of aromatic nitrogens is 3. The molecule has 7 rings (SSSR count). The van der Waals surface area contributed by atoms with E-state index in [2.05, 4.69) is 26.7 Å². The summed E-state index contributed by atoms with van der Waals surface area (Å²) in [6.45, 7) is 0. The Balaban J connectivity index is 1.41. The van der Waals surface area contributed by atoms with Crippen LogP contribution in [0.15, 0.2) is 119 Å². The van der Waals surface area contributed by atoms with Crippen LogP contribution in [0.1, 0.15) is 0 Å². The van der Waals surface area contributed by atoms with Crippen molar-refractivity contribution in [3.63, 3.8) is 0 Å². The van der Waals surface area contributed by atoms with Gasteiger partial charge in [-0.3, -0.25) is 4.57 Å². The minimum atomic E-state index is -1.54. The molecule has 0 bridgehead atoms. The SMILES string of the molecule is O=S(c1ccc2c3ccccc3n(-c3ccccn3)c2c1)c1ccc2cc3ccccc3c(O)c2n1. The van der Waals surface area contributed by atoms with Crippen molar-refractivity contribution < 1.29 is 9.32 Å². The first kappa shape index (κ1) is 20.8. The van der Waals surface area contributed by atoms with Crippen LogP contribution in [0.4, 0.5) is 0 Å². The zero-order chi connectivity index (χ0) is 24.2. The number of benzene rings is 4. The highest BCUT2D eigenvalue weighted by molar-refractivity contribution is 7.85.